The smallest absolute Gasteiger partial charge is 0.365 e. The lowest BCUT2D eigenvalue weighted by molar-refractivity contribution is -0.0703. The summed E-state index contributed by atoms with van der Waals surface area (Å²) in [6.45, 7) is 36.6. The Kier molecular flexibility index (Phi) is 10.6. The van der Waals surface area contributed by atoms with Gasteiger partial charge in [-0.15, -0.1) is 0 Å². The van der Waals surface area contributed by atoms with Gasteiger partial charge in [-0.1, -0.05) is 24.3 Å². The van der Waals surface area contributed by atoms with Gasteiger partial charge in [-0.25, -0.2) is 0 Å². The molecule has 1 aromatic carbocycles. The van der Waals surface area contributed by atoms with Crippen molar-refractivity contribution in [3.8, 4) is 0 Å². The maximum Gasteiger partial charge on any atom is 0.538 e. The Labute approximate surface area is 236 Å². The van der Waals surface area contributed by atoms with E-state index in [0.717, 1.165) is 10.4 Å². The molecule has 1 aromatic rings. The summed E-state index contributed by atoms with van der Waals surface area (Å²) in [6.07, 6.45) is 0. The number of hydrogen-bond donors (Lipinski definition) is 0. The molecule has 0 saturated heterocycles. The third kappa shape index (κ3) is 12.3. The van der Waals surface area contributed by atoms with E-state index in [-0.39, 0.29) is 0 Å². The predicted octanol–water partition coefficient (Wildman–Crippen LogP) is 6.87. The molecule has 0 radical (unpaired) electrons. The topological polar surface area (TPSA) is 55.4 Å². The van der Waals surface area contributed by atoms with E-state index < -0.39 is 51.2 Å². The lowest BCUT2D eigenvalue weighted by atomic mass is 10.2. The second-order valence-corrected chi connectivity index (χ2v) is 20.5. The Morgan fingerprint density at radius 2 is 0.500 bits per heavy atom. The first-order chi connectivity index (χ1) is 16.5. The first kappa shape index (κ1) is 35.4. The molecule has 0 aromatic heterocycles. The van der Waals surface area contributed by atoms with Gasteiger partial charge in [-0.2, -0.15) is 0 Å². The third-order valence-corrected chi connectivity index (χ3v) is 12.0. The summed E-state index contributed by atoms with van der Waals surface area (Å²) in [6, 6.07) is 8.07. The van der Waals surface area contributed by atoms with Crippen LogP contribution in [0.2, 0.25) is 0 Å². The molecule has 222 valence electrons. The maximum absolute atomic E-state index is 6.94. The van der Waals surface area contributed by atoms with Crippen LogP contribution in [0.4, 0.5) is 0 Å². The molecule has 0 fully saturated rings. The van der Waals surface area contributed by atoms with Crippen molar-refractivity contribution in [2.24, 2.45) is 0 Å². The van der Waals surface area contributed by atoms with Crippen LogP contribution in [0.15, 0.2) is 24.3 Å². The SMILES string of the molecule is CC(C)(C)O[Si](OC(C)(C)C)(OC(C)(C)C)c1ccccc1[Si](OC(C)(C)C)(OC(C)(C)C)OC(C)(C)C. The number of hydrogen-bond acceptors (Lipinski definition) is 6. The minimum absolute atomic E-state index is 0.555. The van der Waals surface area contributed by atoms with Gasteiger partial charge in [0, 0.05) is 10.4 Å². The molecule has 0 bridgehead atoms. The summed E-state index contributed by atoms with van der Waals surface area (Å²) in [5.41, 5.74) is -3.33. The lowest BCUT2D eigenvalue weighted by Gasteiger charge is -2.47. The van der Waals surface area contributed by atoms with Gasteiger partial charge in [0.15, 0.2) is 0 Å². The van der Waals surface area contributed by atoms with E-state index >= 15 is 0 Å². The van der Waals surface area contributed by atoms with E-state index in [4.69, 9.17) is 26.6 Å². The molecular formula is C30H58O6Si2. The summed E-state index contributed by atoms with van der Waals surface area (Å²) in [4.78, 5) is 0. The highest BCUT2D eigenvalue weighted by Crippen LogP contribution is 2.32. The van der Waals surface area contributed by atoms with Gasteiger partial charge in [-0.3, -0.25) is 0 Å². The molecule has 1 rings (SSSR count). The largest absolute Gasteiger partial charge is 0.538 e. The van der Waals surface area contributed by atoms with E-state index in [9.17, 15) is 0 Å². The minimum Gasteiger partial charge on any atom is -0.365 e. The fourth-order valence-corrected chi connectivity index (χ4v) is 12.0. The zero-order chi connectivity index (χ0) is 30.2. The predicted molar refractivity (Wildman–Crippen MR) is 162 cm³/mol. The summed E-state index contributed by atoms with van der Waals surface area (Å²) in [5, 5.41) is 1.62. The van der Waals surface area contributed by atoms with Crippen LogP contribution in [0.3, 0.4) is 0 Å². The quantitative estimate of drug-likeness (QED) is 0.318. The Bertz CT molecular complexity index is 747. The first-order valence-electron chi connectivity index (χ1n) is 13.8. The highest BCUT2D eigenvalue weighted by Gasteiger charge is 2.60. The van der Waals surface area contributed by atoms with E-state index in [0.29, 0.717) is 0 Å². The molecule has 0 heterocycles. The second kappa shape index (κ2) is 11.4. The molecule has 0 aliphatic heterocycles. The van der Waals surface area contributed by atoms with Crippen LogP contribution in [-0.2, 0) is 26.6 Å². The molecule has 8 heteroatoms. The Morgan fingerprint density at radius 1 is 0.342 bits per heavy atom. The lowest BCUT2D eigenvalue weighted by Crippen LogP contribution is -2.75. The van der Waals surface area contributed by atoms with E-state index in [1.807, 2.05) is 149 Å². The summed E-state index contributed by atoms with van der Waals surface area (Å²) in [7, 11) is -7.33. The van der Waals surface area contributed by atoms with Crippen molar-refractivity contribution in [2.75, 3.05) is 0 Å². The van der Waals surface area contributed by atoms with Crippen molar-refractivity contribution in [1.82, 2.24) is 0 Å². The zero-order valence-electron chi connectivity index (χ0n) is 27.8. The van der Waals surface area contributed by atoms with E-state index in [1.165, 1.54) is 0 Å². The van der Waals surface area contributed by atoms with E-state index in [1.54, 1.807) is 0 Å². The highest BCUT2D eigenvalue weighted by molar-refractivity contribution is 6.86. The Hall–Kier alpha value is -0.586. The van der Waals surface area contributed by atoms with Crippen LogP contribution in [0.1, 0.15) is 125 Å². The standard InChI is InChI=1S/C30H58O6Si2/c1-25(2,3)31-37(32-26(4,5)6,33-27(7,8)9)23-21-19-20-22-24(23)38(34-28(10,11)12,35-29(13,14)15)36-30(16,17)18/h19-22H,1-18H3. The molecule has 38 heavy (non-hydrogen) atoms. The van der Waals surface area contributed by atoms with Crippen LogP contribution >= 0.6 is 0 Å². The fraction of sp³-hybridized carbons (Fsp3) is 0.800. The number of rotatable bonds is 8. The van der Waals surface area contributed by atoms with Crippen molar-refractivity contribution < 1.29 is 26.6 Å². The number of benzene rings is 1. The van der Waals surface area contributed by atoms with Gasteiger partial charge < -0.3 is 26.6 Å². The van der Waals surface area contributed by atoms with Crippen molar-refractivity contribution in [3.05, 3.63) is 24.3 Å². The molecule has 0 spiro atoms. The van der Waals surface area contributed by atoms with Crippen LogP contribution in [0, 0.1) is 0 Å². The Balaban J connectivity index is 4.30. The third-order valence-electron chi connectivity index (χ3n) is 4.23. The molecule has 6 nitrogen and oxygen atoms in total. The maximum atomic E-state index is 6.94. The molecule has 0 N–H and O–H groups in total. The normalized spacial score (nSPS) is 15.2. The van der Waals surface area contributed by atoms with Gasteiger partial charge in [0.1, 0.15) is 0 Å². The second-order valence-electron chi connectivity index (χ2n) is 15.9. The van der Waals surface area contributed by atoms with E-state index in [2.05, 4.69) is 0 Å². The molecule has 0 atom stereocenters. The molecule has 0 saturated carbocycles. The summed E-state index contributed by atoms with van der Waals surface area (Å²) < 4.78 is 41.6. The van der Waals surface area contributed by atoms with Crippen molar-refractivity contribution >= 4 is 28.0 Å². The average Bonchev–Trinajstić information content (AvgIpc) is 2.52. The van der Waals surface area contributed by atoms with Crippen LogP contribution in [0.25, 0.3) is 0 Å². The molecular weight excluding hydrogens is 512 g/mol. The highest BCUT2D eigenvalue weighted by atomic mass is 28.4. The monoisotopic (exact) mass is 570 g/mol. The summed E-state index contributed by atoms with van der Waals surface area (Å²) >= 11 is 0. The van der Waals surface area contributed by atoms with Gasteiger partial charge in [0.25, 0.3) is 0 Å². The Morgan fingerprint density at radius 3 is 0.632 bits per heavy atom. The molecule has 0 unspecified atom stereocenters. The fourth-order valence-electron chi connectivity index (χ4n) is 3.89. The van der Waals surface area contributed by atoms with Gasteiger partial charge in [-0.05, 0) is 125 Å². The zero-order valence-corrected chi connectivity index (χ0v) is 29.8. The van der Waals surface area contributed by atoms with Gasteiger partial charge >= 0.3 is 17.6 Å². The van der Waals surface area contributed by atoms with Crippen molar-refractivity contribution in [2.45, 2.75) is 158 Å². The van der Waals surface area contributed by atoms with Crippen molar-refractivity contribution in [3.63, 3.8) is 0 Å². The molecule has 0 amide bonds. The molecule has 0 aliphatic carbocycles. The average molecular weight is 571 g/mol. The van der Waals surface area contributed by atoms with Gasteiger partial charge in [0.2, 0.25) is 0 Å². The van der Waals surface area contributed by atoms with Gasteiger partial charge in [0.05, 0.1) is 33.6 Å². The van der Waals surface area contributed by atoms with Crippen LogP contribution in [-0.4, -0.2) is 51.2 Å². The first-order valence-corrected chi connectivity index (χ1v) is 17.2. The van der Waals surface area contributed by atoms with Crippen LogP contribution < -0.4 is 10.4 Å². The molecule has 0 aliphatic rings. The van der Waals surface area contributed by atoms with Crippen molar-refractivity contribution in [1.29, 1.82) is 0 Å². The minimum atomic E-state index is -3.66. The summed E-state index contributed by atoms with van der Waals surface area (Å²) in [5.74, 6) is 0. The van der Waals surface area contributed by atoms with Crippen LogP contribution in [0.5, 0.6) is 0 Å².